The summed E-state index contributed by atoms with van der Waals surface area (Å²) in [5.41, 5.74) is 13.8. The average molecular weight is 458 g/mol. The van der Waals surface area contributed by atoms with Crippen LogP contribution in [0.2, 0.25) is 0 Å². The van der Waals surface area contributed by atoms with Crippen LogP contribution in [0.3, 0.4) is 0 Å². The Morgan fingerprint density at radius 1 is 0.829 bits per heavy atom. The molecule has 174 valence electrons. The fraction of sp³-hybridized carbons (Fsp3) is 0.303. The largest absolute Gasteiger partial charge is 0.455 e. The maximum Gasteiger partial charge on any atom is 0.145 e. The Balaban J connectivity index is 1.56. The van der Waals surface area contributed by atoms with E-state index in [1.165, 1.54) is 75.4 Å². The first-order valence-corrected chi connectivity index (χ1v) is 13.1. The van der Waals surface area contributed by atoms with Gasteiger partial charge < -0.3 is 4.42 Å². The zero-order chi connectivity index (χ0) is 23.9. The van der Waals surface area contributed by atoms with Crippen LogP contribution in [-0.4, -0.2) is 4.98 Å². The average Bonchev–Trinajstić information content (AvgIpc) is 3.56. The van der Waals surface area contributed by atoms with Crippen LogP contribution in [0.15, 0.2) is 65.2 Å². The third kappa shape index (κ3) is 2.74. The molecule has 2 heterocycles. The third-order valence-electron chi connectivity index (χ3n) is 8.71. The second kappa shape index (κ2) is 7.31. The maximum absolute atomic E-state index is 6.97. The minimum Gasteiger partial charge on any atom is -0.455 e. The van der Waals surface area contributed by atoms with Crippen molar-refractivity contribution in [2.24, 2.45) is 0 Å². The lowest BCUT2D eigenvalue weighted by Gasteiger charge is -2.26. The molecule has 7 rings (SSSR count). The summed E-state index contributed by atoms with van der Waals surface area (Å²) in [6.45, 7) is 8.84. The molecule has 0 bridgehead atoms. The summed E-state index contributed by atoms with van der Waals surface area (Å²) in [5, 5.41) is 2.43. The predicted molar refractivity (Wildman–Crippen MR) is 145 cm³/mol. The van der Waals surface area contributed by atoms with Gasteiger partial charge in [-0.3, -0.25) is 4.98 Å². The smallest absolute Gasteiger partial charge is 0.145 e. The summed E-state index contributed by atoms with van der Waals surface area (Å²) in [5.74, 6) is 0.455. The second-order valence-electron chi connectivity index (χ2n) is 11.0. The van der Waals surface area contributed by atoms with Gasteiger partial charge in [0.25, 0.3) is 0 Å². The number of rotatable bonds is 2. The van der Waals surface area contributed by atoms with Gasteiger partial charge in [-0.05, 0) is 78.1 Å². The Morgan fingerprint density at radius 2 is 1.57 bits per heavy atom. The molecule has 5 aromatic rings. The molecule has 1 spiro atoms. The van der Waals surface area contributed by atoms with Gasteiger partial charge in [0.05, 0.1) is 5.69 Å². The summed E-state index contributed by atoms with van der Waals surface area (Å²) in [4.78, 5) is 4.89. The first kappa shape index (κ1) is 20.9. The first-order valence-electron chi connectivity index (χ1n) is 13.1. The molecule has 2 aliphatic carbocycles. The van der Waals surface area contributed by atoms with E-state index < -0.39 is 0 Å². The molecule has 2 heteroatoms. The van der Waals surface area contributed by atoms with Gasteiger partial charge in [-0.2, -0.15) is 0 Å². The van der Waals surface area contributed by atoms with Gasteiger partial charge in [0.15, 0.2) is 0 Å². The third-order valence-corrected chi connectivity index (χ3v) is 8.71. The molecule has 2 aromatic heterocycles. The summed E-state index contributed by atoms with van der Waals surface area (Å²) in [6, 6.07) is 20.4. The Labute approximate surface area is 207 Å². The number of aryl methyl sites for hydroxylation is 2. The van der Waals surface area contributed by atoms with Crippen LogP contribution in [0.25, 0.3) is 44.3 Å². The quantitative estimate of drug-likeness (QED) is 0.264. The van der Waals surface area contributed by atoms with Gasteiger partial charge >= 0.3 is 0 Å². The van der Waals surface area contributed by atoms with Gasteiger partial charge in [-0.15, -0.1) is 0 Å². The molecular weight excluding hydrogens is 426 g/mol. The fourth-order valence-corrected chi connectivity index (χ4v) is 7.09. The minimum absolute atomic E-state index is 0.0848. The number of hydrogen-bond acceptors (Lipinski definition) is 2. The van der Waals surface area contributed by atoms with Crippen LogP contribution in [0.4, 0.5) is 0 Å². The van der Waals surface area contributed by atoms with Crippen molar-refractivity contribution in [1.82, 2.24) is 4.98 Å². The van der Waals surface area contributed by atoms with Crippen molar-refractivity contribution in [3.8, 4) is 22.4 Å². The Hall–Kier alpha value is -3.39. The zero-order valence-corrected chi connectivity index (χ0v) is 21.0. The molecule has 35 heavy (non-hydrogen) atoms. The lowest BCUT2D eigenvalue weighted by atomic mass is 9.76. The molecule has 0 radical (unpaired) electrons. The van der Waals surface area contributed by atoms with Gasteiger partial charge in [0.1, 0.15) is 11.2 Å². The highest BCUT2D eigenvalue weighted by Crippen LogP contribution is 2.59. The molecule has 1 saturated carbocycles. The minimum atomic E-state index is 0.0848. The maximum atomic E-state index is 6.97. The first-order chi connectivity index (χ1) is 17.0. The van der Waals surface area contributed by atoms with E-state index in [4.69, 9.17) is 9.40 Å². The Kier molecular flexibility index (Phi) is 4.37. The molecule has 0 unspecified atom stereocenters. The van der Waals surface area contributed by atoms with Crippen LogP contribution in [0.5, 0.6) is 0 Å². The van der Waals surface area contributed by atoms with Crippen molar-refractivity contribution in [3.05, 3.63) is 88.6 Å². The summed E-state index contributed by atoms with van der Waals surface area (Å²) in [7, 11) is 0. The monoisotopic (exact) mass is 457 g/mol. The van der Waals surface area contributed by atoms with Crippen LogP contribution in [-0.2, 0) is 5.41 Å². The van der Waals surface area contributed by atoms with Gasteiger partial charge in [0.2, 0.25) is 0 Å². The Morgan fingerprint density at radius 3 is 2.37 bits per heavy atom. The van der Waals surface area contributed by atoms with Crippen molar-refractivity contribution >= 4 is 21.9 Å². The van der Waals surface area contributed by atoms with Crippen LogP contribution < -0.4 is 0 Å². The number of fused-ring (bicyclic) bond motifs is 9. The zero-order valence-electron chi connectivity index (χ0n) is 21.0. The summed E-state index contributed by atoms with van der Waals surface area (Å²) in [6.07, 6.45) is 6.99. The summed E-state index contributed by atoms with van der Waals surface area (Å²) >= 11 is 0. The fourth-order valence-electron chi connectivity index (χ4n) is 7.09. The van der Waals surface area contributed by atoms with Gasteiger partial charge in [0, 0.05) is 33.5 Å². The number of furan rings is 1. The van der Waals surface area contributed by atoms with E-state index in [1.807, 2.05) is 6.20 Å². The number of benzene rings is 3. The predicted octanol–water partition coefficient (Wildman–Crippen LogP) is 9.23. The van der Waals surface area contributed by atoms with Crippen molar-refractivity contribution < 1.29 is 4.42 Å². The van der Waals surface area contributed by atoms with E-state index in [0.717, 1.165) is 22.4 Å². The van der Waals surface area contributed by atoms with E-state index in [1.54, 1.807) is 0 Å². The van der Waals surface area contributed by atoms with Crippen LogP contribution in [0, 0.1) is 13.8 Å². The number of nitrogens with zero attached hydrogens (tertiary/aromatic N) is 1. The molecule has 0 aliphatic heterocycles. The van der Waals surface area contributed by atoms with Crippen molar-refractivity contribution in [2.75, 3.05) is 0 Å². The highest BCUT2D eigenvalue weighted by molar-refractivity contribution is 6.13. The SMILES string of the molecule is Cc1cnc(-c2c(C)ccc3c2oc2c4c(ccc23)-c2ccccc2C42CCCC2)cc1C(C)C. The lowest BCUT2D eigenvalue weighted by molar-refractivity contribution is 0.540. The Bertz CT molecular complexity index is 1650. The number of aromatic nitrogens is 1. The summed E-state index contributed by atoms with van der Waals surface area (Å²) < 4.78 is 6.97. The molecule has 0 amide bonds. The van der Waals surface area contributed by atoms with Gasteiger partial charge in [-0.1, -0.05) is 69.2 Å². The molecule has 0 atom stereocenters. The molecule has 1 fully saturated rings. The number of pyridine rings is 1. The lowest BCUT2D eigenvalue weighted by Crippen LogP contribution is -2.20. The van der Waals surface area contributed by atoms with E-state index in [-0.39, 0.29) is 5.41 Å². The molecule has 0 N–H and O–H groups in total. The van der Waals surface area contributed by atoms with Gasteiger partial charge in [-0.25, -0.2) is 0 Å². The van der Waals surface area contributed by atoms with E-state index in [0.29, 0.717) is 5.92 Å². The van der Waals surface area contributed by atoms with Crippen LogP contribution in [0.1, 0.15) is 73.3 Å². The highest BCUT2D eigenvalue weighted by Gasteiger charge is 2.47. The second-order valence-corrected chi connectivity index (χ2v) is 11.0. The van der Waals surface area contributed by atoms with Crippen molar-refractivity contribution in [1.29, 1.82) is 0 Å². The highest BCUT2D eigenvalue weighted by atomic mass is 16.3. The standard InChI is InChI=1S/C33H31NO/c1-19(2)26-17-28(34-18-21(26)4)29-20(3)11-12-24-25-14-13-23-22-9-5-6-10-27(22)33(15-7-8-16-33)30(23)32(25)35-31(24)29/h5-6,9-14,17-19H,7-8,15-16H2,1-4H3. The van der Waals surface area contributed by atoms with E-state index >= 15 is 0 Å². The van der Waals surface area contributed by atoms with Crippen molar-refractivity contribution in [3.63, 3.8) is 0 Å². The van der Waals surface area contributed by atoms with Crippen LogP contribution >= 0.6 is 0 Å². The number of hydrogen-bond donors (Lipinski definition) is 0. The molecule has 0 saturated heterocycles. The molecular formula is C33H31NO. The van der Waals surface area contributed by atoms with E-state index in [2.05, 4.69) is 82.3 Å². The molecule has 3 aromatic carbocycles. The van der Waals surface area contributed by atoms with E-state index in [9.17, 15) is 0 Å². The topological polar surface area (TPSA) is 26.0 Å². The normalized spacial score (nSPS) is 16.0. The van der Waals surface area contributed by atoms with Crippen molar-refractivity contribution in [2.45, 2.75) is 64.7 Å². The molecule has 2 aliphatic rings. The molecule has 2 nitrogen and oxygen atoms in total.